The highest BCUT2D eigenvalue weighted by atomic mass is 16.4. The lowest BCUT2D eigenvalue weighted by atomic mass is 9.71. The van der Waals surface area contributed by atoms with Crippen molar-refractivity contribution in [3.05, 3.63) is 11.8 Å². The first-order valence-electron chi connectivity index (χ1n) is 6.89. The molecule has 0 amide bonds. The van der Waals surface area contributed by atoms with E-state index in [0.717, 1.165) is 32.4 Å². The lowest BCUT2D eigenvalue weighted by Gasteiger charge is -2.47. The van der Waals surface area contributed by atoms with Crippen molar-refractivity contribution in [2.24, 2.45) is 5.92 Å². The highest BCUT2D eigenvalue weighted by Crippen LogP contribution is 2.39. The lowest BCUT2D eigenvalue weighted by Crippen LogP contribution is -2.52. The summed E-state index contributed by atoms with van der Waals surface area (Å²) in [4.78, 5) is 2.33. The van der Waals surface area contributed by atoms with Gasteiger partial charge in [-0.2, -0.15) is 0 Å². The van der Waals surface area contributed by atoms with Gasteiger partial charge in [0.05, 0.1) is 12.1 Å². The summed E-state index contributed by atoms with van der Waals surface area (Å²) in [6, 6.07) is 0. The number of hydrogen-bond acceptors (Lipinski definition) is 5. The molecule has 2 atom stereocenters. The highest BCUT2D eigenvalue weighted by Gasteiger charge is 2.42. The van der Waals surface area contributed by atoms with E-state index in [1.807, 2.05) is 6.92 Å². The predicted octanol–water partition coefficient (Wildman–Crippen LogP) is 1.51. The highest BCUT2D eigenvalue weighted by molar-refractivity contribution is 4.96. The smallest absolute Gasteiger partial charge is 0.230 e. The van der Waals surface area contributed by atoms with E-state index in [-0.39, 0.29) is 0 Å². The van der Waals surface area contributed by atoms with Crippen molar-refractivity contribution in [1.82, 2.24) is 15.1 Å². The quantitative estimate of drug-likeness (QED) is 0.863. The molecule has 18 heavy (non-hydrogen) atoms. The first kappa shape index (κ1) is 12.1. The molecule has 0 spiro atoms. The zero-order chi connectivity index (χ0) is 12.6. The molecular formula is C13H21N3O2. The Morgan fingerprint density at radius 2 is 2.28 bits per heavy atom. The van der Waals surface area contributed by atoms with Crippen molar-refractivity contribution in [2.75, 3.05) is 13.1 Å². The molecule has 3 rings (SSSR count). The van der Waals surface area contributed by atoms with Crippen molar-refractivity contribution in [3.63, 3.8) is 0 Å². The molecular weight excluding hydrogens is 230 g/mol. The maximum atomic E-state index is 10.6. The summed E-state index contributed by atoms with van der Waals surface area (Å²) in [6.45, 7) is 4.41. The van der Waals surface area contributed by atoms with Gasteiger partial charge in [-0.3, -0.25) is 4.90 Å². The van der Waals surface area contributed by atoms with Crippen molar-refractivity contribution < 1.29 is 9.52 Å². The van der Waals surface area contributed by atoms with Gasteiger partial charge in [-0.25, -0.2) is 0 Å². The summed E-state index contributed by atoms with van der Waals surface area (Å²) in [5.41, 5.74) is -0.403. The summed E-state index contributed by atoms with van der Waals surface area (Å²) in [7, 11) is 0. The van der Waals surface area contributed by atoms with E-state index in [4.69, 9.17) is 4.42 Å². The minimum absolute atomic E-state index is 0.403. The molecule has 5 heteroatoms. The molecule has 5 nitrogen and oxygen atoms in total. The Kier molecular flexibility index (Phi) is 3.11. The van der Waals surface area contributed by atoms with Crippen LogP contribution in [0.25, 0.3) is 0 Å². The molecule has 1 saturated heterocycles. The minimum Gasteiger partial charge on any atom is -0.424 e. The van der Waals surface area contributed by atoms with E-state index in [9.17, 15) is 5.11 Å². The van der Waals surface area contributed by atoms with E-state index >= 15 is 0 Å². The molecule has 2 heterocycles. The lowest BCUT2D eigenvalue weighted by molar-refractivity contribution is -0.0978. The maximum absolute atomic E-state index is 10.6. The van der Waals surface area contributed by atoms with Crippen LogP contribution in [0.4, 0.5) is 0 Å². The third kappa shape index (κ3) is 2.29. The molecule has 2 fully saturated rings. The van der Waals surface area contributed by atoms with Crippen LogP contribution in [0.2, 0.25) is 0 Å². The second-order valence-electron chi connectivity index (χ2n) is 5.75. The van der Waals surface area contributed by atoms with Crippen LogP contribution in [0.15, 0.2) is 4.42 Å². The second-order valence-corrected chi connectivity index (χ2v) is 5.75. The van der Waals surface area contributed by atoms with Gasteiger partial charge >= 0.3 is 0 Å². The molecule has 0 aromatic carbocycles. The summed E-state index contributed by atoms with van der Waals surface area (Å²) < 4.78 is 5.42. The standard InChI is InChI=1S/C13H21N3O2/c1-10-14-15-12(18-10)9-16-7-6-13(17)5-3-2-4-11(13)8-16/h11,17H,2-9H2,1H3. The number of aryl methyl sites for hydroxylation is 1. The topological polar surface area (TPSA) is 62.4 Å². The van der Waals surface area contributed by atoms with Crippen molar-refractivity contribution in [2.45, 2.75) is 51.2 Å². The van der Waals surface area contributed by atoms with Crippen LogP contribution in [0.1, 0.15) is 43.9 Å². The third-order valence-electron chi connectivity index (χ3n) is 4.44. The first-order chi connectivity index (χ1) is 8.66. The van der Waals surface area contributed by atoms with Crippen LogP contribution in [-0.2, 0) is 6.54 Å². The van der Waals surface area contributed by atoms with Gasteiger partial charge in [-0.05, 0) is 19.3 Å². The molecule has 2 unspecified atom stereocenters. The van der Waals surface area contributed by atoms with Gasteiger partial charge in [-0.1, -0.05) is 12.8 Å². The van der Waals surface area contributed by atoms with Gasteiger partial charge in [0.15, 0.2) is 0 Å². The molecule has 1 aliphatic heterocycles. The Hall–Kier alpha value is -0.940. The zero-order valence-electron chi connectivity index (χ0n) is 10.9. The van der Waals surface area contributed by atoms with E-state index in [1.165, 1.54) is 12.8 Å². The van der Waals surface area contributed by atoms with Crippen molar-refractivity contribution in [3.8, 4) is 0 Å². The SMILES string of the molecule is Cc1nnc(CN2CCC3(O)CCCCC3C2)o1. The third-order valence-corrected chi connectivity index (χ3v) is 4.44. The number of fused-ring (bicyclic) bond motifs is 1. The fourth-order valence-corrected chi connectivity index (χ4v) is 3.38. The van der Waals surface area contributed by atoms with Gasteiger partial charge in [-0.15, -0.1) is 10.2 Å². The number of aliphatic hydroxyl groups is 1. The Labute approximate surface area is 107 Å². The number of likely N-dealkylation sites (tertiary alicyclic amines) is 1. The van der Waals surface area contributed by atoms with E-state index < -0.39 is 5.60 Å². The average Bonchev–Trinajstić information content (AvgIpc) is 2.75. The molecule has 1 aromatic heterocycles. The molecule has 1 aliphatic carbocycles. The van der Waals surface area contributed by atoms with Gasteiger partial charge in [0.25, 0.3) is 0 Å². The predicted molar refractivity (Wildman–Crippen MR) is 65.8 cm³/mol. The Balaban J connectivity index is 1.63. The van der Waals surface area contributed by atoms with Gasteiger partial charge < -0.3 is 9.52 Å². The summed E-state index contributed by atoms with van der Waals surface area (Å²) in [5.74, 6) is 1.73. The molecule has 2 aliphatic rings. The molecule has 1 N–H and O–H groups in total. The number of nitrogens with zero attached hydrogens (tertiary/aromatic N) is 3. The summed E-state index contributed by atoms with van der Waals surface area (Å²) in [5, 5.41) is 18.5. The maximum Gasteiger partial charge on any atom is 0.230 e. The van der Waals surface area contributed by atoms with Gasteiger partial charge in [0.2, 0.25) is 11.8 Å². The fourth-order valence-electron chi connectivity index (χ4n) is 3.38. The molecule has 1 aromatic rings. The van der Waals surface area contributed by atoms with E-state index in [1.54, 1.807) is 0 Å². The Bertz CT molecular complexity index is 420. The number of rotatable bonds is 2. The van der Waals surface area contributed by atoms with Crippen LogP contribution in [0, 0.1) is 12.8 Å². The monoisotopic (exact) mass is 251 g/mol. The second kappa shape index (κ2) is 4.63. The normalized spacial score (nSPS) is 33.3. The van der Waals surface area contributed by atoms with Crippen LogP contribution in [-0.4, -0.2) is 38.9 Å². The molecule has 100 valence electrons. The first-order valence-corrected chi connectivity index (χ1v) is 6.89. The van der Waals surface area contributed by atoms with Crippen molar-refractivity contribution >= 4 is 0 Å². The Morgan fingerprint density at radius 1 is 1.39 bits per heavy atom. The molecule has 0 bridgehead atoms. The van der Waals surface area contributed by atoms with E-state index in [2.05, 4.69) is 15.1 Å². The largest absolute Gasteiger partial charge is 0.424 e. The van der Waals surface area contributed by atoms with Crippen LogP contribution in [0.5, 0.6) is 0 Å². The van der Waals surface area contributed by atoms with Crippen molar-refractivity contribution in [1.29, 1.82) is 0 Å². The molecule has 1 saturated carbocycles. The van der Waals surface area contributed by atoms with Crippen LogP contribution < -0.4 is 0 Å². The Morgan fingerprint density at radius 3 is 3.06 bits per heavy atom. The van der Waals surface area contributed by atoms with Gasteiger partial charge in [0.1, 0.15) is 0 Å². The summed E-state index contributed by atoms with van der Waals surface area (Å²) in [6.07, 6.45) is 5.43. The summed E-state index contributed by atoms with van der Waals surface area (Å²) >= 11 is 0. The minimum atomic E-state index is -0.403. The molecule has 0 radical (unpaired) electrons. The fraction of sp³-hybridized carbons (Fsp3) is 0.846. The number of aromatic nitrogens is 2. The zero-order valence-corrected chi connectivity index (χ0v) is 10.9. The van der Waals surface area contributed by atoms with Crippen LogP contribution in [0.3, 0.4) is 0 Å². The number of piperidine rings is 1. The van der Waals surface area contributed by atoms with Gasteiger partial charge in [0, 0.05) is 25.9 Å². The number of hydrogen-bond donors (Lipinski definition) is 1. The average molecular weight is 251 g/mol. The van der Waals surface area contributed by atoms with E-state index in [0.29, 0.717) is 24.2 Å². The van der Waals surface area contributed by atoms with Crippen LogP contribution >= 0.6 is 0 Å².